The summed E-state index contributed by atoms with van der Waals surface area (Å²) in [6.07, 6.45) is -6.57. The van der Waals surface area contributed by atoms with Crippen LogP contribution in [0.3, 0.4) is 0 Å². The molecule has 1 saturated carbocycles. The van der Waals surface area contributed by atoms with Crippen molar-refractivity contribution in [2.24, 2.45) is 7.05 Å². The summed E-state index contributed by atoms with van der Waals surface area (Å²) in [6.45, 7) is 4.69. The smallest absolute Gasteiger partial charge is 0.380 e. The van der Waals surface area contributed by atoms with E-state index in [4.69, 9.17) is 0 Å². The van der Waals surface area contributed by atoms with E-state index in [1.54, 1.807) is 20.9 Å². The second kappa shape index (κ2) is 9.57. The van der Waals surface area contributed by atoms with Crippen LogP contribution in [0.4, 0.5) is 23.2 Å². The van der Waals surface area contributed by atoms with Crippen LogP contribution in [0.5, 0.6) is 0 Å². The highest BCUT2D eigenvalue weighted by Gasteiger charge is 2.54. The first-order valence-electron chi connectivity index (χ1n) is 11.0. The minimum Gasteiger partial charge on any atom is -0.380 e. The zero-order valence-corrected chi connectivity index (χ0v) is 19.8. The lowest BCUT2D eigenvalue weighted by molar-refractivity contribution is -0.270. The number of aliphatic hydroxyl groups is 2. The van der Waals surface area contributed by atoms with Crippen molar-refractivity contribution in [3.8, 4) is 0 Å². The highest BCUT2D eigenvalue weighted by Crippen LogP contribution is 2.41. The molecule has 2 aromatic rings. The minimum absolute atomic E-state index is 0.0988. The maximum atomic E-state index is 13.4. The van der Waals surface area contributed by atoms with Gasteiger partial charge in [-0.25, -0.2) is 4.98 Å². The molecule has 1 atom stereocenters. The number of alkyl halides is 3. The molecule has 4 N–H and O–H groups in total. The third-order valence-electron chi connectivity index (χ3n) is 6.68. The van der Waals surface area contributed by atoms with Crippen LogP contribution in [0.15, 0.2) is 12.3 Å². The van der Waals surface area contributed by atoms with Gasteiger partial charge in [0, 0.05) is 24.3 Å². The van der Waals surface area contributed by atoms with Gasteiger partial charge in [0.25, 0.3) is 11.8 Å². The Hall–Kier alpha value is -2.99. The quantitative estimate of drug-likeness (QED) is 0.372. The summed E-state index contributed by atoms with van der Waals surface area (Å²) in [5, 5.41) is 25.7. The first-order valence-corrected chi connectivity index (χ1v) is 11.0. The number of aromatic nitrogens is 2. The SMILES string of the molecule is Cc1cc(NC(=O)c2c(C)c(C(O)C(=O)N[C@H]3CC[C@@](O)(C(F)(F)F)CC3)n(C)c2C)cnc1F. The van der Waals surface area contributed by atoms with Gasteiger partial charge in [-0.15, -0.1) is 0 Å². The first kappa shape index (κ1) is 26.6. The molecule has 192 valence electrons. The Balaban J connectivity index is 1.74. The number of aliphatic hydroxyl groups excluding tert-OH is 1. The van der Waals surface area contributed by atoms with Gasteiger partial charge in [-0.3, -0.25) is 9.59 Å². The number of rotatable bonds is 5. The van der Waals surface area contributed by atoms with Crippen molar-refractivity contribution in [1.29, 1.82) is 0 Å². The van der Waals surface area contributed by atoms with E-state index < -0.39 is 54.5 Å². The van der Waals surface area contributed by atoms with Gasteiger partial charge >= 0.3 is 6.18 Å². The number of nitrogens with one attached hydrogen (secondary N) is 2. The van der Waals surface area contributed by atoms with Crippen molar-refractivity contribution < 1.29 is 37.4 Å². The molecule has 35 heavy (non-hydrogen) atoms. The number of amides is 2. The predicted molar refractivity (Wildman–Crippen MR) is 118 cm³/mol. The summed E-state index contributed by atoms with van der Waals surface area (Å²) < 4.78 is 53.9. The van der Waals surface area contributed by atoms with E-state index in [2.05, 4.69) is 15.6 Å². The molecule has 1 aliphatic rings. The van der Waals surface area contributed by atoms with Gasteiger partial charge in [0.1, 0.15) is 0 Å². The van der Waals surface area contributed by atoms with Crippen LogP contribution >= 0.6 is 0 Å². The lowest BCUT2D eigenvalue weighted by Gasteiger charge is -2.37. The third kappa shape index (κ3) is 5.18. The molecular formula is C23H28F4N4O4. The number of hydrogen-bond acceptors (Lipinski definition) is 5. The fourth-order valence-electron chi connectivity index (χ4n) is 4.47. The Kier molecular flexibility index (Phi) is 7.28. The zero-order valence-electron chi connectivity index (χ0n) is 19.8. The van der Waals surface area contributed by atoms with Crippen molar-refractivity contribution >= 4 is 17.5 Å². The van der Waals surface area contributed by atoms with Gasteiger partial charge in [0.05, 0.1) is 23.1 Å². The molecular weight excluding hydrogens is 472 g/mol. The topological polar surface area (TPSA) is 116 Å². The Labute approximate surface area is 199 Å². The number of anilines is 1. The second-order valence-electron chi connectivity index (χ2n) is 9.03. The summed E-state index contributed by atoms with van der Waals surface area (Å²) in [6, 6.07) is 0.777. The average molecular weight is 500 g/mol. The molecule has 1 unspecified atom stereocenters. The molecule has 3 rings (SSSR count). The van der Waals surface area contributed by atoms with Gasteiger partial charge < -0.3 is 25.4 Å². The number of aryl methyl sites for hydroxylation is 1. The minimum atomic E-state index is -4.75. The lowest BCUT2D eigenvalue weighted by Crippen LogP contribution is -2.51. The van der Waals surface area contributed by atoms with Crippen LogP contribution in [0, 0.1) is 26.7 Å². The van der Waals surface area contributed by atoms with Crippen LogP contribution in [0.1, 0.15) is 64.7 Å². The molecule has 12 heteroatoms. The lowest BCUT2D eigenvalue weighted by atomic mass is 9.81. The largest absolute Gasteiger partial charge is 0.417 e. The van der Waals surface area contributed by atoms with Crippen molar-refractivity contribution in [1.82, 2.24) is 14.9 Å². The number of nitrogens with zero attached hydrogens (tertiary/aromatic N) is 2. The highest BCUT2D eigenvalue weighted by molar-refractivity contribution is 6.06. The van der Waals surface area contributed by atoms with E-state index in [1.807, 2.05) is 0 Å². The third-order valence-corrected chi connectivity index (χ3v) is 6.68. The second-order valence-corrected chi connectivity index (χ2v) is 9.03. The van der Waals surface area contributed by atoms with Crippen LogP contribution in [-0.4, -0.2) is 49.4 Å². The van der Waals surface area contributed by atoms with Gasteiger partial charge in [0.15, 0.2) is 11.7 Å². The van der Waals surface area contributed by atoms with Crippen molar-refractivity contribution in [3.63, 3.8) is 0 Å². The summed E-state index contributed by atoms with van der Waals surface area (Å²) in [5.74, 6) is -2.02. The Morgan fingerprint density at radius 1 is 1.23 bits per heavy atom. The molecule has 2 amide bonds. The van der Waals surface area contributed by atoms with E-state index in [9.17, 15) is 37.4 Å². The molecule has 0 radical (unpaired) electrons. The standard InChI is InChI=1S/C23H28F4N4O4/c1-11-9-15(10-28-19(11)24)30-20(33)16-12(2)17(31(4)13(16)3)18(32)21(34)29-14-5-7-22(35,8-6-14)23(25,26)27/h9-10,14,18,32,35H,5-8H2,1-4H3,(H,29,34)(H,30,33)/t14-,18?,22-. The van der Waals surface area contributed by atoms with Gasteiger partial charge in [-0.1, -0.05) is 0 Å². The number of carbonyl (C=O) groups is 2. The summed E-state index contributed by atoms with van der Waals surface area (Å²) in [4.78, 5) is 29.2. The van der Waals surface area contributed by atoms with E-state index in [1.165, 1.54) is 23.8 Å². The number of carbonyl (C=O) groups excluding carboxylic acids is 2. The van der Waals surface area contributed by atoms with Crippen LogP contribution in [0.2, 0.25) is 0 Å². The van der Waals surface area contributed by atoms with Gasteiger partial charge in [0.2, 0.25) is 5.95 Å². The van der Waals surface area contributed by atoms with Crippen molar-refractivity contribution in [2.45, 2.75) is 70.4 Å². The summed E-state index contributed by atoms with van der Waals surface area (Å²) in [7, 11) is 1.57. The monoisotopic (exact) mass is 500 g/mol. The average Bonchev–Trinajstić information content (AvgIpc) is 2.99. The summed E-state index contributed by atoms with van der Waals surface area (Å²) >= 11 is 0. The van der Waals surface area contributed by atoms with Crippen molar-refractivity contribution in [3.05, 3.63) is 46.3 Å². The molecule has 0 saturated heterocycles. The molecule has 0 aromatic carbocycles. The zero-order chi connectivity index (χ0) is 26.3. The van der Waals surface area contributed by atoms with Gasteiger partial charge in [-0.05, 0) is 58.1 Å². The normalized spacial score (nSPS) is 21.5. The molecule has 0 aliphatic heterocycles. The Morgan fingerprint density at radius 2 is 1.83 bits per heavy atom. The van der Waals surface area contributed by atoms with Gasteiger partial charge in [-0.2, -0.15) is 17.6 Å². The molecule has 1 fully saturated rings. The molecule has 8 nitrogen and oxygen atoms in total. The van der Waals surface area contributed by atoms with E-state index >= 15 is 0 Å². The van der Waals surface area contributed by atoms with E-state index in [-0.39, 0.29) is 35.3 Å². The first-order chi connectivity index (χ1) is 16.2. The maximum Gasteiger partial charge on any atom is 0.417 e. The fraction of sp³-hybridized carbons (Fsp3) is 0.522. The van der Waals surface area contributed by atoms with Crippen LogP contribution < -0.4 is 10.6 Å². The molecule has 1 aliphatic carbocycles. The number of pyridine rings is 1. The van der Waals surface area contributed by atoms with Crippen LogP contribution in [-0.2, 0) is 11.8 Å². The summed E-state index contributed by atoms with van der Waals surface area (Å²) in [5.41, 5.74) is -1.10. The number of hydrogen-bond donors (Lipinski definition) is 4. The van der Waals surface area contributed by atoms with E-state index in [0.717, 1.165) is 0 Å². The van der Waals surface area contributed by atoms with E-state index in [0.29, 0.717) is 11.3 Å². The number of halogens is 4. The fourth-order valence-corrected chi connectivity index (χ4v) is 4.47. The Morgan fingerprint density at radius 3 is 2.37 bits per heavy atom. The molecule has 2 heterocycles. The van der Waals surface area contributed by atoms with Crippen LogP contribution in [0.25, 0.3) is 0 Å². The van der Waals surface area contributed by atoms with Crippen molar-refractivity contribution in [2.75, 3.05) is 5.32 Å². The Bertz CT molecular complexity index is 1140. The highest BCUT2D eigenvalue weighted by atomic mass is 19.4. The molecule has 0 bridgehead atoms. The predicted octanol–water partition coefficient (Wildman–Crippen LogP) is 3.12. The maximum absolute atomic E-state index is 13.4. The molecule has 0 spiro atoms. The molecule has 2 aromatic heterocycles.